The highest BCUT2D eigenvalue weighted by molar-refractivity contribution is 7.89. The third kappa shape index (κ3) is 7.05. The molecule has 0 fully saturated rings. The van der Waals surface area contributed by atoms with Crippen molar-refractivity contribution in [2.24, 2.45) is 5.92 Å². The Kier molecular flexibility index (Phi) is 9.31. The fourth-order valence-corrected chi connectivity index (χ4v) is 6.27. The first-order valence-electron chi connectivity index (χ1n) is 13.5. The number of oxazole rings is 1. The number of hydrogen-bond acceptors (Lipinski definition) is 8. The van der Waals surface area contributed by atoms with E-state index in [0.29, 0.717) is 34.3 Å². The third-order valence-electron chi connectivity index (χ3n) is 6.87. The number of carbonyl (C=O) groups is 1. The summed E-state index contributed by atoms with van der Waals surface area (Å²) in [7, 11) is -2.38. The van der Waals surface area contributed by atoms with Crippen molar-refractivity contribution in [2.75, 3.05) is 31.2 Å². The second kappa shape index (κ2) is 12.7. The zero-order chi connectivity index (χ0) is 29.7. The Hall–Kier alpha value is -3.93. The first-order valence-corrected chi connectivity index (χ1v) is 14.9. The van der Waals surface area contributed by atoms with Crippen LogP contribution in [-0.2, 0) is 16.4 Å². The smallest absolute Gasteiger partial charge is 0.295 e. The number of nitrogens with two attached hydrogens (primary N) is 1. The maximum Gasteiger partial charge on any atom is 0.295 e. The normalized spacial score (nSPS) is 13.4. The van der Waals surface area contributed by atoms with Crippen molar-refractivity contribution in [3.05, 3.63) is 83.4 Å². The van der Waals surface area contributed by atoms with Gasteiger partial charge in [-0.1, -0.05) is 50.2 Å². The minimum atomic E-state index is -4.04. The second-order valence-electron chi connectivity index (χ2n) is 10.5. The zero-order valence-electron chi connectivity index (χ0n) is 23.7. The molecule has 0 saturated carbocycles. The predicted octanol–water partition coefficient (Wildman–Crippen LogP) is 3.81. The molecule has 0 radical (unpaired) electrons. The molecular weight excluding hydrogens is 542 g/mol. The molecule has 0 spiro atoms. The van der Waals surface area contributed by atoms with Gasteiger partial charge in [-0.3, -0.25) is 4.79 Å². The van der Waals surface area contributed by atoms with Gasteiger partial charge in [0.25, 0.3) is 11.9 Å². The van der Waals surface area contributed by atoms with E-state index < -0.39 is 28.1 Å². The number of fused-ring (bicyclic) bond motifs is 1. The Morgan fingerprint density at radius 2 is 1.80 bits per heavy atom. The Morgan fingerprint density at radius 1 is 1.07 bits per heavy atom. The molecule has 2 atom stereocenters. The topological polar surface area (TPSA) is 151 Å². The molecule has 1 amide bonds. The van der Waals surface area contributed by atoms with Crippen LogP contribution in [0.2, 0.25) is 0 Å². The first-order chi connectivity index (χ1) is 19.5. The van der Waals surface area contributed by atoms with Crippen molar-refractivity contribution in [3.8, 4) is 0 Å². The Bertz CT molecular complexity index is 1600. The molecule has 4 rings (SSSR count). The first kappa shape index (κ1) is 30.0. The van der Waals surface area contributed by atoms with Crippen LogP contribution < -0.4 is 16.4 Å². The Labute approximate surface area is 240 Å². The lowest BCUT2D eigenvalue weighted by molar-refractivity contribution is 0.0775. The molecule has 1 heterocycles. The number of aromatic nitrogens is 1. The lowest BCUT2D eigenvalue weighted by Gasteiger charge is -2.31. The number of aliphatic hydroxyl groups excluding tert-OH is 1. The average Bonchev–Trinajstić information content (AvgIpc) is 3.37. The summed E-state index contributed by atoms with van der Waals surface area (Å²) in [5, 5.41) is 17.2. The second-order valence-corrected chi connectivity index (χ2v) is 12.4. The van der Waals surface area contributed by atoms with Gasteiger partial charge in [-0.2, -0.15) is 9.29 Å². The molecule has 0 unspecified atom stereocenters. The molecule has 0 aliphatic carbocycles. The summed E-state index contributed by atoms with van der Waals surface area (Å²) in [6.45, 7) is 5.49. The highest BCUT2D eigenvalue weighted by Crippen LogP contribution is 2.25. The van der Waals surface area contributed by atoms with Crippen molar-refractivity contribution in [2.45, 2.75) is 44.2 Å². The van der Waals surface area contributed by atoms with E-state index in [1.165, 1.54) is 16.4 Å². The molecule has 10 nitrogen and oxygen atoms in total. The van der Waals surface area contributed by atoms with Crippen molar-refractivity contribution in [3.63, 3.8) is 0 Å². The van der Waals surface area contributed by atoms with E-state index in [2.05, 4.69) is 15.6 Å². The quantitative estimate of drug-likeness (QED) is 0.185. The molecule has 4 aromatic rings. The number of nitrogen functional groups attached to an aromatic ring is 1. The van der Waals surface area contributed by atoms with Crippen LogP contribution in [0.15, 0.2) is 76.0 Å². The van der Waals surface area contributed by atoms with E-state index in [0.717, 1.165) is 5.56 Å². The number of benzene rings is 3. The fraction of sp³-hybridized carbons (Fsp3) is 0.333. The Morgan fingerprint density at radius 3 is 2.49 bits per heavy atom. The number of anilines is 2. The van der Waals surface area contributed by atoms with E-state index in [1.807, 2.05) is 44.2 Å². The molecule has 1 aromatic heterocycles. The lowest BCUT2D eigenvalue weighted by atomic mass is 9.99. The van der Waals surface area contributed by atoms with Crippen LogP contribution in [0.3, 0.4) is 0 Å². The van der Waals surface area contributed by atoms with Crippen LogP contribution in [0.25, 0.3) is 11.1 Å². The number of carbonyl (C=O) groups excluding carboxylic acids is 1. The van der Waals surface area contributed by atoms with Crippen LogP contribution in [0.5, 0.6) is 0 Å². The van der Waals surface area contributed by atoms with Crippen molar-refractivity contribution in [1.29, 1.82) is 0 Å². The van der Waals surface area contributed by atoms with Crippen LogP contribution in [0.4, 0.5) is 11.7 Å². The number of rotatable bonds is 12. The summed E-state index contributed by atoms with van der Waals surface area (Å²) < 4.78 is 34.6. The molecule has 41 heavy (non-hydrogen) atoms. The number of hydrogen-bond donors (Lipinski definition) is 4. The number of sulfonamides is 1. The highest BCUT2D eigenvalue weighted by atomic mass is 32.2. The molecule has 0 aliphatic rings. The standard InChI is InChI=1S/C30H37N5O5S/c1-19(2)17-35(41(38,39)22-13-14-25-28(16-22)40-30(32-4)34-25)18-27(36)26(15-21-9-6-5-7-10-21)33-29(37)23-11-8-12-24(31)20(23)3/h5-14,16,19,26-27,36H,15,17-18,31H2,1-4H3,(H,32,34)(H,33,37)/t26-,27+/m0/s1. The number of aliphatic hydroxyl groups is 1. The summed E-state index contributed by atoms with van der Waals surface area (Å²) in [5.74, 6) is -0.428. The van der Waals surface area contributed by atoms with Crippen LogP contribution in [0.1, 0.15) is 35.3 Å². The molecule has 0 aliphatic heterocycles. The zero-order valence-corrected chi connectivity index (χ0v) is 24.5. The maximum absolute atomic E-state index is 13.9. The van der Waals surface area contributed by atoms with Gasteiger partial charge in [-0.15, -0.1) is 0 Å². The van der Waals surface area contributed by atoms with Crippen LogP contribution in [0, 0.1) is 12.8 Å². The molecule has 218 valence electrons. The lowest BCUT2D eigenvalue weighted by Crippen LogP contribution is -2.51. The predicted molar refractivity (Wildman–Crippen MR) is 160 cm³/mol. The monoisotopic (exact) mass is 579 g/mol. The molecule has 3 aromatic carbocycles. The minimum Gasteiger partial charge on any atom is -0.424 e. The van der Waals surface area contributed by atoms with Gasteiger partial charge in [0.15, 0.2) is 5.58 Å². The molecule has 0 saturated heterocycles. The van der Waals surface area contributed by atoms with Crippen molar-refractivity contribution >= 4 is 38.7 Å². The van der Waals surface area contributed by atoms with E-state index in [-0.39, 0.29) is 29.9 Å². The van der Waals surface area contributed by atoms with Crippen molar-refractivity contribution < 1.29 is 22.7 Å². The van der Waals surface area contributed by atoms with Crippen molar-refractivity contribution in [1.82, 2.24) is 14.6 Å². The van der Waals surface area contributed by atoms with Gasteiger partial charge in [-0.05, 0) is 54.7 Å². The molecule has 5 N–H and O–H groups in total. The maximum atomic E-state index is 13.9. The van der Waals surface area contributed by atoms with Gasteiger partial charge in [-0.25, -0.2) is 8.42 Å². The largest absolute Gasteiger partial charge is 0.424 e. The summed E-state index contributed by atoms with van der Waals surface area (Å²) in [6.07, 6.45) is -0.930. The summed E-state index contributed by atoms with van der Waals surface area (Å²) in [4.78, 5) is 17.6. The number of nitrogens with one attached hydrogen (secondary N) is 2. The highest BCUT2D eigenvalue weighted by Gasteiger charge is 2.32. The van der Waals surface area contributed by atoms with E-state index in [9.17, 15) is 18.3 Å². The van der Waals surface area contributed by atoms with Crippen LogP contribution in [-0.4, -0.2) is 61.0 Å². The molecule has 0 bridgehead atoms. The fourth-order valence-electron chi connectivity index (χ4n) is 4.63. The minimum absolute atomic E-state index is 0.0238. The summed E-state index contributed by atoms with van der Waals surface area (Å²) >= 11 is 0. The van der Waals surface area contributed by atoms with Gasteiger partial charge in [0, 0.05) is 37.5 Å². The van der Waals surface area contributed by atoms with Gasteiger partial charge >= 0.3 is 0 Å². The van der Waals surface area contributed by atoms with E-state index in [4.69, 9.17) is 10.2 Å². The van der Waals surface area contributed by atoms with E-state index in [1.54, 1.807) is 38.2 Å². The molecular formula is C30H37N5O5S. The average molecular weight is 580 g/mol. The molecule has 11 heteroatoms. The Balaban J connectivity index is 1.64. The van der Waals surface area contributed by atoms with Crippen LogP contribution >= 0.6 is 0 Å². The number of nitrogens with zero attached hydrogens (tertiary/aromatic N) is 2. The van der Waals surface area contributed by atoms with Gasteiger partial charge in [0.05, 0.1) is 17.0 Å². The summed E-state index contributed by atoms with van der Waals surface area (Å²) in [6, 6.07) is 18.5. The van der Waals surface area contributed by atoms with E-state index >= 15 is 0 Å². The third-order valence-corrected chi connectivity index (χ3v) is 8.70. The van der Waals surface area contributed by atoms with Gasteiger partial charge in [0.1, 0.15) is 5.52 Å². The summed E-state index contributed by atoms with van der Waals surface area (Å²) in [5.41, 5.74) is 9.25. The van der Waals surface area contributed by atoms with Gasteiger partial charge < -0.3 is 25.9 Å². The number of amides is 1. The van der Waals surface area contributed by atoms with Gasteiger partial charge in [0.2, 0.25) is 10.0 Å². The SMILES string of the molecule is CNc1nc2ccc(S(=O)(=O)N(CC(C)C)C[C@@H](O)[C@H](Cc3ccccc3)NC(=O)c3cccc(N)c3C)cc2o1.